The fourth-order valence-electron chi connectivity index (χ4n) is 0.920. The Bertz CT molecular complexity index is 179. The molecule has 1 rings (SSSR count). The molecule has 0 atom stereocenters. The quantitative estimate of drug-likeness (QED) is 0.676. The van der Waals surface area contributed by atoms with E-state index in [-0.39, 0.29) is 0 Å². The van der Waals surface area contributed by atoms with Crippen molar-refractivity contribution < 1.29 is 0 Å². The maximum atomic E-state index is 3.87. The zero-order chi connectivity index (χ0) is 8.10. The highest BCUT2D eigenvalue weighted by molar-refractivity contribution is 5.02. The number of nitrogens with one attached hydrogen (secondary N) is 2. The van der Waals surface area contributed by atoms with Gasteiger partial charge in [0, 0.05) is 12.2 Å². The van der Waals surface area contributed by atoms with Crippen LogP contribution < -0.4 is 5.32 Å². The van der Waals surface area contributed by atoms with Crippen LogP contribution in [0, 0.1) is 0 Å². The summed E-state index contributed by atoms with van der Waals surface area (Å²) in [5.74, 6) is 0. The molecular weight excluding hydrogens is 138 g/mol. The van der Waals surface area contributed by atoms with E-state index in [9.17, 15) is 0 Å². The number of aromatic nitrogens is 2. The molecular formula is C8H15N3. The largest absolute Gasteiger partial charge is 0.314 e. The van der Waals surface area contributed by atoms with Gasteiger partial charge in [-0.3, -0.25) is 5.10 Å². The van der Waals surface area contributed by atoms with Crippen molar-refractivity contribution in [2.75, 3.05) is 6.54 Å². The van der Waals surface area contributed by atoms with Crippen LogP contribution in [0.4, 0.5) is 0 Å². The van der Waals surface area contributed by atoms with Gasteiger partial charge in [-0.2, -0.15) is 5.10 Å². The number of rotatable bonds is 4. The Hall–Kier alpha value is -0.830. The van der Waals surface area contributed by atoms with E-state index in [2.05, 4.69) is 29.4 Å². The monoisotopic (exact) mass is 153 g/mol. The summed E-state index contributed by atoms with van der Waals surface area (Å²) >= 11 is 0. The lowest BCUT2D eigenvalue weighted by atomic mass is 10.2. The molecule has 0 bridgehead atoms. The number of nitrogens with zero attached hydrogens (tertiary/aromatic N) is 1. The van der Waals surface area contributed by atoms with Gasteiger partial charge in [-0.1, -0.05) is 13.8 Å². The highest BCUT2D eigenvalue weighted by atomic mass is 15.1. The van der Waals surface area contributed by atoms with Gasteiger partial charge in [0.05, 0.1) is 6.20 Å². The lowest BCUT2D eigenvalue weighted by molar-refractivity contribution is 0.590. The van der Waals surface area contributed by atoms with Crippen molar-refractivity contribution in [3.05, 3.63) is 18.0 Å². The second-order valence-electron chi connectivity index (χ2n) is 2.97. The normalized spacial score (nSPS) is 10.8. The van der Waals surface area contributed by atoms with Crippen molar-refractivity contribution in [3.8, 4) is 0 Å². The van der Waals surface area contributed by atoms with E-state index < -0.39 is 0 Å². The second kappa shape index (κ2) is 4.13. The molecule has 1 aromatic rings. The zero-order valence-corrected chi connectivity index (χ0v) is 7.09. The number of aromatic amines is 1. The fourth-order valence-corrected chi connectivity index (χ4v) is 0.920. The smallest absolute Gasteiger partial charge is 0.0519 e. The van der Waals surface area contributed by atoms with Crippen LogP contribution in [-0.4, -0.2) is 22.8 Å². The Labute approximate surface area is 67.2 Å². The van der Waals surface area contributed by atoms with Gasteiger partial charge in [0.25, 0.3) is 0 Å². The molecule has 0 radical (unpaired) electrons. The van der Waals surface area contributed by atoms with Crippen LogP contribution in [0.3, 0.4) is 0 Å². The summed E-state index contributed by atoms with van der Waals surface area (Å²) in [5.41, 5.74) is 1.26. The van der Waals surface area contributed by atoms with E-state index in [1.807, 2.05) is 12.4 Å². The molecule has 0 saturated carbocycles. The van der Waals surface area contributed by atoms with Gasteiger partial charge in [0.15, 0.2) is 0 Å². The van der Waals surface area contributed by atoms with Gasteiger partial charge in [-0.15, -0.1) is 0 Å². The average Bonchev–Trinajstić information content (AvgIpc) is 2.39. The molecule has 3 nitrogen and oxygen atoms in total. The maximum absolute atomic E-state index is 3.87. The van der Waals surface area contributed by atoms with Crippen molar-refractivity contribution in [1.29, 1.82) is 0 Å². The van der Waals surface area contributed by atoms with E-state index in [4.69, 9.17) is 0 Å². The first-order valence-corrected chi connectivity index (χ1v) is 4.00. The number of hydrogen-bond donors (Lipinski definition) is 2. The summed E-state index contributed by atoms with van der Waals surface area (Å²) in [5, 5.41) is 10.00. The first kappa shape index (κ1) is 8.27. The molecule has 0 aliphatic rings. The van der Waals surface area contributed by atoms with Crippen LogP contribution in [-0.2, 0) is 6.42 Å². The molecule has 1 aromatic heterocycles. The summed E-state index contributed by atoms with van der Waals surface area (Å²) in [6.45, 7) is 5.32. The van der Waals surface area contributed by atoms with E-state index in [0.717, 1.165) is 13.0 Å². The first-order valence-electron chi connectivity index (χ1n) is 4.00. The third-order valence-electron chi connectivity index (χ3n) is 1.52. The van der Waals surface area contributed by atoms with E-state index >= 15 is 0 Å². The average molecular weight is 153 g/mol. The van der Waals surface area contributed by atoms with Gasteiger partial charge in [0.1, 0.15) is 0 Å². The van der Waals surface area contributed by atoms with Crippen LogP contribution in [0.5, 0.6) is 0 Å². The van der Waals surface area contributed by atoms with Gasteiger partial charge >= 0.3 is 0 Å². The molecule has 0 unspecified atom stereocenters. The van der Waals surface area contributed by atoms with E-state index in [0.29, 0.717) is 6.04 Å². The molecule has 0 spiro atoms. The molecule has 0 aliphatic heterocycles. The molecule has 1 heterocycles. The summed E-state index contributed by atoms with van der Waals surface area (Å²) in [6, 6.07) is 0.571. The predicted octanol–water partition coefficient (Wildman–Crippen LogP) is 0.950. The minimum atomic E-state index is 0.571. The lowest BCUT2D eigenvalue weighted by Crippen LogP contribution is -2.24. The van der Waals surface area contributed by atoms with Crippen LogP contribution in [0.2, 0.25) is 0 Å². The molecule has 62 valence electrons. The molecule has 0 aromatic carbocycles. The highest BCUT2D eigenvalue weighted by Crippen LogP contribution is 1.93. The first-order chi connectivity index (χ1) is 5.29. The van der Waals surface area contributed by atoms with Crippen LogP contribution in [0.25, 0.3) is 0 Å². The van der Waals surface area contributed by atoms with Gasteiger partial charge in [-0.25, -0.2) is 0 Å². The zero-order valence-electron chi connectivity index (χ0n) is 7.09. The van der Waals surface area contributed by atoms with E-state index in [1.165, 1.54) is 5.56 Å². The maximum Gasteiger partial charge on any atom is 0.0519 e. The van der Waals surface area contributed by atoms with Crippen molar-refractivity contribution in [2.24, 2.45) is 0 Å². The second-order valence-corrected chi connectivity index (χ2v) is 2.97. The molecule has 0 saturated heterocycles. The molecule has 0 amide bonds. The number of H-pyrrole nitrogens is 1. The Morgan fingerprint density at radius 1 is 1.64 bits per heavy atom. The fraction of sp³-hybridized carbons (Fsp3) is 0.625. The molecule has 0 fully saturated rings. The standard InChI is InChI=1S/C8H15N3/c1-7(2)9-4-3-8-5-10-11-6-8/h5-7,9H,3-4H2,1-2H3,(H,10,11). The number of hydrogen-bond acceptors (Lipinski definition) is 2. The van der Waals surface area contributed by atoms with Crippen molar-refractivity contribution >= 4 is 0 Å². The summed E-state index contributed by atoms with van der Waals surface area (Å²) in [7, 11) is 0. The SMILES string of the molecule is CC(C)NCCc1cn[nH]c1. The lowest BCUT2D eigenvalue weighted by Gasteiger charge is -2.05. The summed E-state index contributed by atoms with van der Waals surface area (Å²) < 4.78 is 0. The van der Waals surface area contributed by atoms with Gasteiger partial charge < -0.3 is 5.32 Å². The Morgan fingerprint density at radius 2 is 2.45 bits per heavy atom. The molecule has 11 heavy (non-hydrogen) atoms. The van der Waals surface area contributed by atoms with Crippen LogP contribution in [0.1, 0.15) is 19.4 Å². The molecule has 3 heteroatoms. The van der Waals surface area contributed by atoms with Gasteiger partial charge in [0.2, 0.25) is 0 Å². The minimum absolute atomic E-state index is 0.571. The van der Waals surface area contributed by atoms with E-state index in [1.54, 1.807) is 0 Å². The molecule has 0 aliphatic carbocycles. The van der Waals surface area contributed by atoms with Crippen molar-refractivity contribution in [3.63, 3.8) is 0 Å². The third kappa shape index (κ3) is 3.18. The Kier molecular flexibility index (Phi) is 3.11. The van der Waals surface area contributed by atoms with Crippen molar-refractivity contribution in [1.82, 2.24) is 15.5 Å². The van der Waals surface area contributed by atoms with Crippen molar-refractivity contribution in [2.45, 2.75) is 26.3 Å². The van der Waals surface area contributed by atoms with Gasteiger partial charge in [-0.05, 0) is 18.5 Å². The topological polar surface area (TPSA) is 40.7 Å². The third-order valence-corrected chi connectivity index (χ3v) is 1.52. The van der Waals surface area contributed by atoms with Crippen LogP contribution >= 0.6 is 0 Å². The predicted molar refractivity (Wildman–Crippen MR) is 45.4 cm³/mol. The summed E-state index contributed by atoms with van der Waals surface area (Å²) in [6.07, 6.45) is 4.85. The summed E-state index contributed by atoms with van der Waals surface area (Å²) in [4.78, 5) is 0. The molecule has 2 N–H and O–H groups in total. The Morgan fingerprint density at radius 3 is 3.00 bits per heavy atom. The highest BCUT2D eigenvalue weighted by Gasteiger charge is 1.94. The Balaban J connectivity index is 2.14. The van der Waals surface area contributed by atoms with Crippen LogP contribution in [0.15, 0.2) is 12.4 Å². The minimum Gasteiger partial charge on any atom is -0.314 e.